The molecular formula is C11H9BrN4S2. The summed E-state index contributed by atoms with van der Waals surface area (Å²) in [7, 11) is 0. The molecule has 3 heterocycles. The van der Waals surface area contributed by atoms with Gasteiger partial charge in [0, 0.05) is 22.2 Å². The van der Waals surface area contributed by atoms with Crippen molar-refractivity contribution in [3.8, 4) is 0 Å². The molecule has 18 heavy (non-hydrogen) atoms. The van der Waals surface area contributed by atoms with Gasteiger partial charge in [0.2, 0.25) is 0 Å². The fraction of sp³-hybridized carbons (Fsp3) is 0.182. The van der Waals surface area contributed by atoms with Crippen LogP contribution in [0.2, 0.25) is 0 Å². The van der Waals surface area contributed by atoms with Gasteiger partial charge in [-0.15, -0.1) is 11.3 Å². The number of nitrogens with one attached hydrogen (secondary N) is 1. The molecule has 0 aliphatic carbocycles. The van der Waals surface area contributed by atoms with Gasteiger partial charge >= 0.3 is 0 Å². The molecule has 0 aliphatic heterocycles. The Morgan fingerprint density at radius 1 is 1.50 bits per heavy atom. The number of thiazole rings is 1. The molecule has 7 heteroatoms. The van der Waals surface area contributed by atoms with Gasteiger partial charge in [0.05, 0.1) is 11.6 Å². The van der Waals surface area contributed by atoms with Crippen LogP contribution < -0.4 is 0 Å². The Kier molecular flexibility index (Phi) is 3.04. The fourth-order valence-electron chi connectivity index (χ4n) is 1.90. The highest BCUT2D eigenvalue weighted by atomic mass is 79.9. The van der Waals surface area contributed by atoms with Crippen LogP contribution in [0.1, 0.15) is 18.0 Å². The van der Waals surface area contributed by atoms with Crippen LogP contribution >= 0.6 is 39.5 Å². The lowest BCUT2D eigenvalue weighted by molar-refractivity contribution is 0.639. The number of H-pyrrole nitrogens is 1. The molecule has 92 valence electrons. The molecule has 0 spiro atoms. The maximum atomic E-state index is 5.38. The summed E-state index contributed by atoms with van der Waals surface area (Å²) in [5.74, 6) is 0. The summed E-state index contributed by atoms with van der Waals surface area (Å²) in [5, 5.41) is 2.99. The lowest BCUT2D eigenvalue weighted by atomic mass is 10.3. The zero-order valence-electron chi connectivity index (χ0n) is 9.42. The lowest BCUT2D eigenvalue weighted by Gasteiger charge is -2.10. The molecule has 0 saturated heterocycles. The molecule has 3 aromatic heterocycles. The van der Waals surface area contributed by atoms with E-state index in [2.05, 4.69) is 37.8 Å². The van der Waals surface area contributed by atoms with Crippen LogP contribution in [0.15, 0.2) is 28.3 Å². The number of nitrogens with zero attached hydrogens (tertiary/aromatic N) is 3. The van der Waals surface area contributed by atoms with E-state index < -0.39 is 0 Å². The van der Waals surface area contributed by atoms with Crippen molar-refractivity contribution in [3.63, 3.8) is 0 Å². The van der Waals surface area contributed by atoms with Crippen LogP contribution in [-0.2, 0) is 0 Å². The van der Waals surface area contributed by atoms with Crippen molar-refractivity contribution in [2.75, 3.05) is 0 Å². The highest BCUT2D eigenvalue weighted by Crippen LogP contribution is 2.25. The van der Waals surface area contributed by atoms with Crippen LogP contribution in [0.4, 0.5) is 0 Å². The van der Waals surface area contributed by atoms with Gasteiger partial charge in [-0.25, -0.2) is 9.97 Å². The number of aromatic amines is 1. The van der Waals surface area contributed by atoms with E-state index in [0.29, 0.717) is 4.77 Å². The van der Waals surface area contributed by atoms with E-state index in [1.54, 1.807) is 23.7 Å². The van der Waals surface area contributed by atoms with Gasteiger partial charge in [-0.3, -0.25) is 4.57 Å². The molecule has 1 atom stereocenters. The first kappa shape index (κ1) is 12.0. The van der Waals surface area contributed by atoms with Crippen LogP contribution in [0.25, 0.3) is 11.2 Å². The zero-order valence-corrected chi connectivity index (χ0v) is 12.6. The van der Waals surface area contributed by atoms with Gasteiger partial charge in [-0.1, -0.05) is 0 Å². The number of pyridine rings is 1. The maximum absolute atomic E-state index is 5.38. The molecule has 0 radical (unpaired) electrons. The molecular weight excluding hydrogens is 332 g/mol. The fourth-order valence-corrected chi connectivity index (χ4v) is 3.27. The highest BCUT2D eigenvalue weighted by molar-refractivity contribution is 9.10. The minimum Gasteiger partial charge on any atom is -0.329 e. The van der Waals surface area contributed by atoms with Gasteiger partial charge in [0.15, 0.2) is 10.4 Å². The largest absolute Gasteiger partial charge is 0.329 e. The predicted molar refractivity (Wildman–Crippen MR) is 78.5 cm³/mol. The van der Waals surface area contributed by atoms with E-state index in [9.17, 15) is 0 Å². The first-order chi connectivity index (χ1) is 8.66. The third kappa shape index (κ3) is 1.92. The third-order valence-corrected chi connectivity index (χ3v) is 4.40. The smallest absolute Gasteiger partial charge is 0.179 e. The number of aromatic nitrogens is 4. The van der Waals surface area contributed by atoms with E-state index in [4.69, 9.17) is 12.2 Å². The van der Waals surface area contributed by atoms with Crippen molar-refractivity contribution in [2.45, 2.75) is 13.0 Å². The highest BCUT2D eigenvalue weighted by Gasteiger charge is 2.16. The molecule has 1 N–H and O–H groups in total. The Labute approximate surface area is 121 Å². The van der Waals surface area contributed by atoms with Crippen LogP contribution in [0.3, 0.4) is 0 Å². The summed E-state index contributed by atoms with van der Waals surface area (Å²) in [5.41, 5.74) is 1.78. The average molecular weight is 341 g/mol. The molecule has 3 aromatic rings. The Hall–Kier alpha value is -1.05. The summed E-state index contributed by atoms with van der Waals surface area (Å²) >= 11 is 10.4. The summed E-state index contributed by atoms with van der Waals surface area (Å²) < 4.78 is 3.59. The van der Waals surface area contributed by atoms with Crippen LogP contribution in [-0.4, -0.2) is 19.5 Å². The summed E-state index contributed by atoms with van der Waals surface area (Å²) in [4.78, 5) is 11.9. The molecule has 1 unspecified atom stereocenters. The Morgan fingerprint density at radius 2 is 2.33 bits per heavy atom. The SMILES string of the molecule is CC(c1nccs1)n1c(=S)[nH]c2cc(Br)cnc21. The maximum Gasteiger partial charge on any atom is 0.179 e. The zero-order chi connectivity index (χ0) is 12.7. The molecule has 0 amide bonds. The quantitative estimate of drug-likeness (QED) is 0.719. The lowest BCUT2D eigenvalue weighted by Crippen LogP contribution is -2.07. The minimum atomic E-state index is 0.0833. The van der Waals surface area contributed by atoms with Crippen molar-refractivity contribution >= 4 is 50.6 Å². The van der Waals surface area contributed by atoms with E-state index in [1.807, 2.05) is 16.0 Å². The standard InChI is InChI=1S/C11H9BrN4S2/c1-6(10-13-2-3-18-10)16-9-8(15-11(16)17)4-7(12)5-14-9/h2-6H,1H3,(H,15,17). The van der Waals surface area contributed by atoms with E-state index >= 15 is 0 Å². The second-order valence-corrected chi connectivity index (χ2v) is 6.10. The first-order valence-corrected chi connectivity index (χ1v) is 7.40. The molecule has 0 fully saturated rings. The second-order valence-electron chi connectivity index (χ2n) is 3.87. The number of rotatable bonds is 2. The number of hydrogen-bond donors (Lipinski definition) is 1. The van der Waals surface area contributed by atoms with E-state index in [-0.39, 0.29) is 6.04 Å². The van der Waals surface area contributed by atoms with Crippen molar-refractivity contribution in [3.05, 3.63) is 38.1 Å². The summed E-state index contributed by atoms with van der Waals surface area (Å²) in [6, 6.07) is 2.06. The van der Waals surface area contributed by atoms with Gasteiger partial charge in [0.25, 0.3) is 0 Å². The van der Waals surface area contributed by atoms with Crippen LogP contribution in [0, 0.1) is 4.77 Å². The predicted octanol–water partition coefficient (Wildman–Crippen LogP) is 3.92. The van der Waals surface area contributed by atoms with Gasteiger partial charge in [-0.2, -0.15) is 0 Å². The van der Waals surface area contributed by atoms with Crippen LogP contribution in [0.5, 0.6) is 0 Å². The normalized spacial score (nSPS) is 13.0. The van der Waals surface area contributed by atoms with Gasteiger partial charge < -0.3 is 4.98 Å². The Bertz CT molecular complexity index is 744. The number of hydrogen-bond acceptors (Lipinski definition) is 4. The van der Waals surface area contributed by atoms with E-state index in [0.717, 1.165) is 20.6 Å². The first-order valence-electron chi connectivity index (χ1n) is 5.32. The second kappa shape index (κ2) is 4.56. The molecule has 0 bridgehead atoms. The number of fused-ring (bicyclic) bond motifs is 1. The van der Waals surface area contributed by atoms with E-state index in [1.165, 1.54) is 0 Å². The van der Waals surface area contributed by atoms with Crippen molar-refractivity contribution < 1.29 is 0 Å². The topological polar surface area (TPSA) is 46.5 Å². The molecule has 0 saturated carbocycles. The van der Waals surface area contributed by atoms with Crippen molar-refractivity contribution in [1.29, 1.82) is 0 Å². The minimum absolute atomic E-state index is 0.0833. The van der Waals surface area contributed by atoms with Crippen molar-refractivity contribution in [2.24, 2.45) is 0 Å². The Morgan fingerprint density at radius 3 is 3.06 bits per heavy atom. The molecule has 4 nitrogen and oxygen atoms in total. The summed E-state index contributed by atoms with van der Waals surface area (Å²) in [6.45, 7) is 2.08. The average Bonchev–Trinajstić information content (AvgIpc) is 2.94. The number of halogens is 1. The summed E-state index contributed by atoms with van der Waals surface area (Å²) in [6.07, 6.45) is 3.58. The molecule has 0 aromatic carbocycles. The molecule has 3 rings (SSSR count). The van der Waals surface area contributed by atoms with Crippen molar-refractivity contribution in [1.82, 2.24) is 19.5 Å². The van der Waals surface area contributed by atoms with Gasteiger partial charge in [-0.05, 0) is 41.1 Å². The molecule has 0 aliphatic rings. The number of imidazole rings is 1. The third-order valence-electron chi connectivity index (χ3n) is 2.72. The Balaban J connectivity index is 2.23. The monoisotopic (exact) mass is 340 g/mol. The van der Waals surface area contributed by atoms with Gasteiger partial charge in [0.1, 0.15) is 5.01 Å².